The molecule has 21 heavy (non-hydrogen) atoms. The van der Waals surface area contributed by atoms with Crippen LogP contribution in [0.5, 0.6) is 0 Å². The number of hydrogen-bond donors (Lipinski definition) is 2. The highest BCUT2D eigenvalue weighted by Gasteiger charge is 2.06. The molecule has 0 bridgehead atoms. The number of benzene rings is 2. The number of aliphatic hydroxyl groups is 1. The monoisotopic (exact) mass is 298 g/mol. The molecule has 0 fully saturated rings. The molecule has 104 valence electrons. The third kappa shape index (κ3) is 2.80. The van der Waals surface area contributed by atoms with E-state index < -0.39 is 0 Å². The van der Waals surface area contributed by atoms with Crippen molar-refractivity contribution in [3.05, 3.63) is 75.2 Å². The molecule has 0 atom stereocenters. The van der Waals surface area contributed by atoms with Gasteiger partial charge in [-0.1, -0.05) is 41.9 Å². The molecule has 0 saturated carbocycles. The van der Waals surface area contributed by atoms with Gasteiger partial charge in [-0.3, -0.25) is 4.79 Å². The molecule has 3 rings (SSSR count). The molecule has 2 aromatic carbocycles. The molecular formula is C16H11ClN2O2. The van der Waals surface area contributed by atoms with Gasteiger partial charge in [0.15, 0.2) is 0 Å². The Hall–Kier alpha value is -2.59. The van der Waals surface area contributed by atoms with E-state index in [0.29, 0.717) is 21.6 Å². The molecule has 3 aromatic rings. The number of aromatic amines is 1. The summed E-state index contributed by atoms with van der Waals surface area (Å²) < 4.78 is 0. The molecule has 0 radical (unpaired) electrons. The van der Waals surface area contributed by atoms with Crippen LogP contribution in [0.2, 0.25) is 5.02 Å². The maximum Gasteiger partial charge on any atom is 0.274 e. The minimum absolute atomic E-state index is 0.0185. The second kappa shape index (κ2) is 5.42. The zero-order chi connectivity index (χ0) is 14.8. The Balaban J connectivity index is 2.12. The van der Waals surface area contributed by atoms with E-state index in [2.05, 4.69) is 9.97 Å². The van der Waals surface area contributed by atoms with Crippen molar-refractivity contribution >= 4 is 34.5 Å². The molecule has 5 heteroatoms. The summed E-state index contributed by atoms with van der Waals surface area (Å²) in [7, 11) is 0. The lowest BCUT2D eigenvalue weighted by Crippen LogP contribution is -2.12. The van der Waals surface area contributed by atoms with Gasteiger partial charge in [0.2, 0.25) is 0 Å². The van der Waals surface area contributed by atoms with Crippen LogP contribution in [-0.4, -0.2) is 15.1 Å². The van der Waals surface area contributed by atoms with Crippen LogP contribution in [-0.2, 0) is 0 Å². The van der Waals surface area contributed by atoms with Gasteiger partial charge < -0.3 is 10.1 Å². The van der Waals surface area contributed by atoms with Crippen LogP contribution in [0.1, 0.15) is 11.3 Å². The predicted molar refractivity (Wildman–Crippen MR) is 84.3 cm³/mol. The summed E-state index contributed by atoms with van der Waals surface area (Å²) in [6, 6.07) is 14.0. The number of fused-ring (bicyclic) bond motifs is 1. The average molecular weight is 299 g/mol. The Labute approximate surface area is 125 Å². The Morgan fingerprint density at radius 1 is 1.19 bits per heavy atom. The molecule has 0 aliphatic carbocycles. The van der Waals surface area contributed by atoms with Crippen molar-refractivity contribution in [1.29, 1.82) is 0 Å². The van der Waals surface area contributed by atoms with E-state index in [4.69, 9.17) is 11.6 Å². The fraction of sp³-hybridized carbons (Fsp3) is 0. The van der Waals surface area contributed by atoms with E-state index in [1.165, 1.54) is 6.08 Å². The van der Waals surface area contributed by atoms with Crippen molar-refractivity contribution in [2.24, 2.45) is 0 Å². The normalized spacial score (nSPS) is 11.8. The summed E-state index contributed by atoms with van der Waals surface area (Å²) in [4.78, 5) is 18.9. The summed E-state index contributed by atoms with van der Waals surface area (Å²) in [5.74, 6) is -0.0185. The molecule has 0 amide bonds. The molecule has 0 aliphatic rings. The average Bonchev–Trinajstić information content (AvgIpc) is 2.49. The number of rotatable bonds is 2. The van der Waals surface area contributed by atoms with Gasteiger partial charge in [0.1, 0.15) is 11.5 Å². The number of nitrogens with one attached hydrogen (secondary N) is 1. The van der Waals surface area contributed by atoms with E-state index in [9.17, 15) is 9.90 Å². The first-order valence-electron chi connectivity index (χ1n) is 6.29. The Morgan fingerprint density at radius 2 is 1.95 bits per heavy atom. The first kappa shape index (κ1) is 13.4. The molecule has 2 N–H and O–H groups in total. The van der Waals surface area contributed by atoms with Crippen LogP contribution < -0.4 is 5.56 Å². The van der Waals surface area contributed by atoms with E-state index in [0.717, 1.165) is 0 Å². The number of H-pyrrole nitrogens is 1. The van der Waals surface area contributed by atoms with E-state index in [1.54, 1.807) is 42.5 Å². The van der Waals surface area contributed by atoms with Gasteiger partial charge in [0.05, 0.1) is 11.0 Å². The van der Waals surface area contributed by atoms with Crippen molar-refractivity contribution in [3.8, 4) is 0 Å². The van der Waals surface area contributed by atoms with Crippen LogP contribution in [0.15, 0.2) is 53.3 Å². The fourth-order valence-corrected chi connectivity index (χ4v) is 2.16. The largest absolute Gasteiger partial charge is 0.507 e. The van der Waals surface area contributed by atoms with Gasteiger partial charge in [-0.05, 0) is 18.2 Å². The van der Waals surface area contributed by atoms with Crippen molar-refractivity contribution in [2.75, 3.05) is 0 Å². The highest BCUT2D eigenvalue weighted by Crippen LogP contribution is 2.17. The Morgan fingerprint density at radius 3 is 2.71 bits per heavy atom. The standard InChI is InChI=1S/C16H11ClN2O2/c17-11-6-7-12-13(8-11)18-14(16(21)19-12)9-15(20)10-4-2-1-3-5-10/h1-9,20H,(H,19,21)/b15-9+. The molecule has 1 heterocycles. The summed E-state index contributed by atoms with van der Waals surface area (Å²) in [5, 5.41) is 10.6. The maximum absolute atomic E-state index is 12.0. The lowest BCUT2D eigenvalue weighted by molar-refractivity contribution is 0.515. The molecule has 0 aliphatic heterocycles. The van der Waals surface area contributed by atoms with Gasteiger partial charge in [0.25, 0.3) is 5.56 Å². The topological polar surface area (TPSA) is 66.0 Å². The van der Waals surface area contributed by atoms with E-state index >= 15 is 0 Å². The summed E-state index contributed by atoms with van der Waals surface area (Å²) >= 11 is 5.92. The Bertz CT molecular complexity index is 886. The summed E-state index contributed by atoms with van der Waals surface area (Å²) in [6.07, 6.45) is 1.34. The van der Waals surface area contributed by atoms with Crippen LogP contribution in [0.4, 0.5) is 0 Å². The molecule has 0 unspecified atom stereocenters. The predicted octanol–water partition coefficient (Wildman–Crippen LogP) is 3.63. The van der Waals surface area contributed by atoms with Crippen molar-refractivity contribution in [1.82, 2.24) is 9.97 Å². The lowest BCUT2D eigenvalue weighted by Gasteiger charge is -2.02. The third-order valence-corrected chi connectivity index (χ3v) is 3.26. The highest BCUT2D eigenvalue weighted by molar-refractivity contribution is 6.31. The minimum atomic E-state index is -0.368. The van der Waals surface area contributed by atoms with Gasteiger partial charge in [-0.15, -0.1) is 0 Å². The molecule has 4 nitrogen and oxygen atoms in total. The van der Waals surface area contributed by atoms with E-state index in [1.807, 2.05) is 6.07 Å². The van der Waals surface area contributed by atoms with Gasteiger partial charge >= 0.3 is 0 Å². The molecular weight excluding hydrogens is 288 g/mol. The number of aliphatic hydroxyl groups excluding tert-OH is 1. The van der Waals surface area contributed by atoms with E-state index in [-0.39, 0.29) is 17.0 Å². The zero-order valence-electron chi connectivity index (χ0n) is 10.9. The molecule has 1 aromatic heterocycles. The minimum Gasteiger partial charge on any atom is -0.507 e. The van der Waals surface area contributed by atoms with Crippen LogP contribution in [0, 0.1) is 0 Å². The smallest absolute Gasteiger partial charge is 0.274 e. The van der Waals surface area contributed by atoms with Gasteiger partial charge in [0, 0.05) is 16.7 Å². The zero-order valence-corrected chi connectivity index (χ0v) is 11.6. The molecule has 0 saturated heterocycles. The number of nitrogens with zero attached hydrogens (tertiary/aromatic N) is 1. The number of halogens is 1. The fourth-order valence-electron chi connectivity index (χ4n) is 1.99. The maximum atomic E-state index is 12.0. The van der Waals surface area contributed by atoms with Crippen molar-refractivity contribution < 1.29 is 5.11 Å². The number of hydrogen-bond acceptors (Lipinski definition) is 3. The number of aromatic nitrogens is 2. The molecule has 0 spiro atoms. The van der Waals surface area contributed by atoms with Crippen molar-refractivity contribution in [2.45, 2.75) is 0 Å². The second-order valence-electron chi connectivity index (χ2n) is 4.51. The van der Waals surface area contributed by atoms with Gasteiger partial charge in [-0.25, -0.2) is 4.98 Å². The lowest BCUT2D eigenvalue weighted by atomic mass is 10.1. The Kier molecular flexibility index (Phi) is 3.46. The van der Waals surface area contributed by atoms with Crippen LogP contribution in [0.3, 0.4) is 0 Å². The SMILES string of the molecule is O=c1[nH]c2ccc(Cl)cc2nc1/C=C(/O)c1ccccc1. The highest BCUT2D eigenvalue weighted by atomic mass is 35.5. The first-order chi connectivity index (χ1) is 10.1. The quantitative estimate of drug-likeness (QED) is 0.710. The van der Waals surface area contributed by atoms with Crippen LogP contribution >= 0.6 is 11.6 Å². The van der Waals surface area contributed by atoms with Crippen molar-refractivity contribution in [3.63, 3.8) is 0 Å². The summed E-state index contributed by atoms with van der Waals surface area (Å²) in [6.45, 7) is 0. The van der Waals surface area contributed by atoms with Crippen LogP contribution in [0.25, 0.3) is 22.9 Å². The third-order valence-electron chi connectivity index (χ3n) is 3.02. The first-order valence-corrected chi connectivity index (χ1v) is 6.67. The summed E-state index contributed by atoms with van der Waals surface area (Å²) in [5.41, 5.74) is 1.54. The second-order valence-corrected chi connectivity index (χ2v) is 4.94. The van der Waals surface area contributed by atoms with Gasteiger partial charge in [-0.2, -0.15) is 0 Å².